The van der Waals surface area contributed by atoms with E-state index in [9.17, 15) is 24.5 Å². The zero-order valence-electron chi connectivity index (χ0n) is 14.5. The van der Waals surface area contributed by atoms with Crippen molar-refractivity contribution < 1.29 is 24.0 Å². The van der Waals surface area contributed by atoms with E-state index in [4.69, 9.17) is 0 Å². The number of carbonyl (C=O) groups excluding carboxylic acids is 3. The predicted molar refractivity (Wildman–Crippen MR) is 99.5 cm³/mol. The highest BCUT2D eigenvalue weighted by Crippen LogP contribution is 2.36. The van der Waals surface area contributed by atoms with E-state index in [0.29, 0.717) is 0 Å². The molecule has 0 saturated heterocycles. The minimum atomic E-state index is -0.589. The summed E-state index contributed by atoms with van der Waals surface area (Å²) in [6.45, 7) is 0. The highest BCUT2D eigenvalue weighted by atomic mass is 16.6. The Balaban J connectivity index is 1.87. The van der Waals surface area contributed by atoms with E-state index in [2.05, 4.69) is 4.74 Å². The lowest BCUT2D eigenvalue weighted by molar-refractivity contribution is -0.383. The summed E-state index contributed by atoms with van der Waals surface area (Å²) in [7, 11) is 1.25. The van der Waals surface area contributed by atoms with Crippen molar-refractivity contribution >= 4 is 39.9 Å². The second-order valence-corrected chi connectivity index (χ2v) is 6.10. The molecule has 1 heterocycles. The number of carbonyl (C=O) groups is 3. The number of nitro groups is 1. The van der Waals surface area contributed by atoms with Crippen molar-refractivity contribution in [1.29, 1.82) is 0 Å². The van der Waals surface area contributed by atoms with Gasteiger partial charge in [-0.25, -0.2) is 9.69 Å². The van der Waals surface area contributed by atoms with Crippen LogP contribution in [0, 0.1) is 10.1 Å². The fourth-order valence-corrected chi connectivity index (χ4v) is 3.34. The van der Waals surface area contributed by atoms with Gasteiger partial charge in [0.05, 0.1) is 28.7 Å². The van der Waals surface area contributed by atoms with Crippen LogP contribution in [-0.4, -0.2) is 29.8 Å². The van der Waals surface area contributed by atoms with Gasteiger partial charge in [0.25, 0.3) is 17.5 Å². The Morgan fingerprint density at radius 1 is 0.964 bits per heavy atom. The molecule has 0 bridgehead atoms. The van der Waals surface area contributed by atoms with Gasteiger partial charge in [-0.3, -0.25) is 19.7 Å². The number of amides is 2. The Morgan fingerprint density at radius 2 is 1.61 bits per heavy atom. The van der Waals surface area contributed by atoms with Crippen molar-refractivity contribution in [3.05, 3.63) is 81.4 Å². The van der Waals surface area contributed by atoms with E-state index in [1.807, 2.05) is 0 Å². The summed E-state index contributed by atoms with van der Waals surface area (Å²) in [4.78, 5) is 49.3. The van der Waals surface area contributed by atoms with Gasteiger partial charge < -0.3 is 4.74 Å². The molecule has 28 heavy (non-hydrogen) atoms. The molecule has 0 aromatic heterocycles. The minimum absolute atomic E-state index is 0.169. The number of non-ortho nitro benzene ring substituents is 1. The van der Waals surface area contributed by atoms with Crippen molar-refractivity contribution in [3.63, 3.8) is 0 Å². The summed E-state index contributed by atoms with van der Waals surface area (Å²) in [6, 6.07) is 13.0. The standard InChI is InChI=1S/C20H12N2O6/c1-28-20(25)11-5-7-12(8-6-11)21-18(23)14-4-2-3-13-16(22(26)27)10-9-15(17(13)14)19(21)24/h2-10H,1H3. The molecule has 2 amide bonds. The van der Waals surface area contributed by atoms with Gasteiger partial charge in [0, 0.05) is 22.6 Å². The summed E-state index contributed by atoms with van der Waals surface area (Å²) >= 11 is 0. The Kier molecular flexibility index (Phi) is 3.89. The molecule has 4 rings (SSSR count). The second-order valence-electron chi connectivity index (χ2n) is 6.10. The first-order valence-electron chi connectivity index (χ1n) is 8.21. The molecule has 0 radical (unpaired) electrons. The summed E-state index contributed by atoms with van der Waals surface area (Å²) in [5.74, 6) is -1.71. The number of nitrogens with zero attached hydrogens (tertiary/aromatic N) is 2. The highest BCUT2D eigenvalue weighted by molar-refractivity contribution is 6.36. The van der Waals surface area contributed by atoms with Crippen LogP contribution in [0.3, 0.4) is 0 Å². The zero-order chi connectivity index (χ0) is 20.0. The van der Waals surface area contributed by atoms with Gasteiger partial charge in [-0.05, 0) is 42.5 Å². The molecule has 0 N–H and O–H groups in total. The molecule has 138 valence electrons. The Bertz CT molecular complexity index is 1160. The van der Waals surface area contributed by atoms with Crippen LogP contribution < -0.4 is 4.90 Å². The van der Waals surface area contributed by atoms with Crippen molar-refractivity contribution in [3.8, 4) is 0 Å². The quantitative estimate of drug-likeness (QED) is 0.300. The van der Waals surface area contributed by atoms with Crippen molar-refractivity contribution in [2.75, 3.05) is 12.0 Å². The molecule has 0 fully saturated rings. The van der Waals surface area contributed by atoms with E-state index >= 15 is 0 Å². The lowest BCUT2D eigenvalue weighted by Crippen LogP contribution is -2.40. The monoisotopic (exact) mass is 376 g/mol. The second kappa shape index (κ2) is 6.27. The van der Waals surface area contributed by atoms with E-state index in [1.54, 1.807) is 6.07 Å². The number of rotatable bonds is 3. The molecule has 0 saturated carbocycles. The molecule has 1 aliphatic heterocycles. The maximum atomic E-state index is 13.0. The van der Waals surface area contributed by atoms with Crippen LogP contribution in [0.2, 0.25) is 0 Å². The fourth-order valence-electron chi connectivity index (χ4n) is 3.34. The molecule has 0 spiro atoms. The topological polar surface area (TPSA) is 107 Å². The van der Waals surface area contributed by atoms with Gasteiger partial charge in [0.2, 0.25) is 0 Å². The normalized spacial score (nSPS) is 13.0. The third-order valence-electron chi connectivity index (χ3n) is 4.63. The van der Waals surface area contributed by atoms with Crippen molar-refractivity contribution in [1.82, 2.24) is 0 Å². The Labute approximate surface area is 158 Å². The van der Waals surface area contributed by atoms with Crippen LogP contribution in [0.1, 0.15) is 31.1 Å². The lowest BCUT2D eigenvalue weighted by Gasteiger charge is -2.27. The average molecular weight is 376 g/mol. The van der Waals surface area contributed by atoms with Gasteiger partial charge in [-0.1, -0.05) is 6.07 Å². The third kappa shape index (κ3) is 2.43. The summed E-state index contributed by atoms with van der Waals surface area (Å²) in [5, 5.41) is 11.8. The smallest absolute Gasteiger partial charge is 0.337 e. The van der Waals surface area contributed by atoms with Crippen LogP contribution in [0.25, 0.3) is 10.8 Å². The number of ether oxygens (including phenoxy) is 1. The predicted octanol–water partition coefficient (Wildman–Crippen LogP) is 3.34. The SMILES string of the molecule is COC(=O)c1ccc(N2C(=O)c3cccc4c([N+](=O)[O-])ccc(c34)C2=O)cc1. The summed E-state index contributed by atoms with van der Waals surface area (Å²) < 4.78 is 4.64. The van der Waals surface area contributed by atoms with Gasteiger partial charge in [-0.2, -0.15) is 0 Å². The first-order chi connectivity index (χ1) is 13.4. The molecule has 8 nitrogen and oxygen atoms in total. The van der Waals surface area contributed by atoms with Gasteiger partial charge in [0.1, 0.15) is 0 Å². The van der Waals surface area contributed by atoms with E-state index in [0.717, 1.165) is 4.90 Å². The van der Waals surface area contributed by atoms with Gasteiger partial charge in [0.15, 0.2) is 0 Å². The number of nitro benzene ring substituents is 1. The van der Waals surface area contributed by atoms with Crippen LogP contribution in [0.5, 0.6) is 0 Å². The molecule has 3 aromatic carbocycles. The number of hydrogen-bond donors (Lipinski definition) is 0. The maximum absolute atomic E-state index is 13.0. The lowest BCUT2D eigenvalue weighted by atomic mass is 9.92. The van der Waals surface area contributed by atoms with Crippen LogP contribution in [-0.2, 0) is 4.74 Å². The summed E-state index contributed by atoms with van der Waals surface area (Å²) in [6.07, 6.45) is 0. The van der Waals surface area contributed by atoms with Crippen LogP contribution in [0.4, 0.5) is 11.4 Å². The van der Waals surface area contributed by atoms with Crippen LogP contribution in [0.15, 0.2) is 54.6 Å². The first-order valence-corrected chi connectivity index (χ1v) is 8.21. The van der Waals surface area contributed by atoms with Crippen molar-refractivity contribution in [2.24, 2.45) is 0 Å². The van der Waals surface area contributed by atoms with E-state index in [-0.39, 0.29) is 38.8 Å². The van der Waals surface area contributed by atoms with E-state index in [1.165, 1.54) is 55.6 Å². The number of anilines is 1. The molecule has 3 aromatic rings. The minimum Gasteiger partial charge on any atom is -0.465 e. The fraction of sp³-hybridized carbons (Fsp3) is 0.0500. The molecular formula is C20H12N2O6. The van der Waals surface area contributed by atoms with E-state index < -0.39 is 22.7 Å². The first kappa shape index (κ1) is 17.3. The molecule has 1 aliphatic rings. The number of imide groups is 1. The molecule has 8 heteroatoms. The maximum Gasteiger partial charge on any atom is 0.337 e. The molecule has 0 aliphatic carbocycles. The molecular weight excluding hydrogens is 364 g/mol. The number of benzene rings is 3. The molecule has 0 atom stereocenters. The Hall–Kier alpha value is -4.07. The number of esters is 1. The number of hydrogen-bond acceptors (Lipinski definition) is 6. The molecule has 0 unspecified atom stereocenters. The highest BCUT2D eigenvalue weighted by Gasteiger charge is 2.35. The van der Waals surface area contributed by atoms with Gasteiger partial charge in [-0.15, -0.1) is 0 Å². The van der Waals surface area contributed by atoms with Crippen LogP contribution >= 0.6 is 0 Å². The largest absolute Gasteiger partial charge is 0.465 e. The number of methoxy groups -OCH3 is 1. The van der Waals surface area contributed by atoms with Crippen molar-refractivity contribution in [2.45, 2.75) is 0 Å². The average Bonchev–Trinajstić information content (AvgIpc) is 2.71. The summed E-state index contributed by atoms with van der Waals surface area (Å²) in [5.41, 5.74) is 0.794. The zero-order valence-corrected chi connectivity index (χ0v) is 14.5. The third-order valence-corrected chi connectivity index (χ3v) is 4.63. The van der Waals surface area contributed by atoms with Gasteiger partial charge >= 0.3 is 5.97 Å². The Morgan fingerprint density at radius 3 is 2.21 bits per heavy atom.